The number of nitrogen functional groups attached to an aromatic ring is 1. The average Bonchev–Trinajstić information content (AvgIpc) is 2.67. The van der Waals surface area contributed by atoms with Crippen molar-refractivity contribution in [2.24, 2.45) is 5.73 Å². The number of halogens is 1. The number of nitrogens with zero attached hydrogens (tertiary/aromatic N) is 3. The number of rotatable bonds is 6. The molecule has 0 unspecified atom stereocenters. The van der Waals surface area contributed by atoms with E-state index in [2.05, 4.69) is 15.2 Å². The zero-order chi connectivity index (χ0) is 19.6. The number of aryl methyl sites for hydroxylation is 2. The minimum absolute atomic E-state index is 0.0810. The van der Waals surface area contributed by atoms with Crippen LogP contribution in [-0.2, 0) is 12.8 Å². The van der Waals surface area contributed by atoms with Gasteiger partial charge in [0, 0.05) is 22.6 Å². The Morgan fingerprint density at radius 3 is 2.56 bits per heavy atom. The summed E-state index contributed by atoms with van der Waals surface area (Å²) in [5.74, 6) is -0.411. The predicted octanol–water partition coefficient (Wildman–Crippen LogP) is 1.65. The summed E-state index contributed by atoms with van der Waals surface area (Å²) in [6.45, 7) is 0. The second-order valence-electron chi connectivity index (χ2n) is 5.77. The number of carbonyl (C=O) groups excluding carboxylic acids is 1. The van der Waals surface area contributed by atoms with Gasteiger partial charge in [-0.25, -0.2) is 4.39 Å². The zero-order valence-corrected chi connectivity index (χ0v) is 14.8. The van der Waals surface area contributed by atoms with Crippen molar-refractivity contribution >= 4 is 22.5 Å². The van der Waals surface area contributed by atoms with Gasteiger partial charge < -0.3 is 20.9 Å². The number of hydrogen-bond donors (Lipinski definition) is 2. The summed E-state index contributed by atoms with van der Waals surface area (Å²) in [5, 5.41) is 8.14. The topological polar surface area (TPSA) is 126 Å². The maximum Gasteiger partial charge on any atom is 0.271 e. The quantitative estimate of drug-likeness (QED) is 0.674. The van der Waals surface area contributed by atoms with Crippen LogP contribution in [0.3, 0.4) is 0 Å². The summed E-state index contributed by atoms with van der Waals surface area (Å²) in [7, 11) is 3.01. The molecule has 0 bridgehead atoms. The molecule has 0 radical (unpaired) electrons. The molecule has 1 aromatic carbocycles. The maximum atomic E-state index is 14.4. The van der Waals surface area contributed by atoms with Crippen LogP contribution in [0.1, 0.15) is 21.6 Å². The van der Waals surface area contributed by atoms with Gasteiger partial charge in [0.2, 0.25) is 11.8 Å². The van der Waals surface area contributed by atoms with Crippen LogP contribution in [0.25, 0.3) is 10.9 Å². The van der Waals surface area contributed by atoms with E-state index in [4.69, 9.17) is 20.9 Å². The van der Waals surface area contributed by atoms with Crippen molar-refractivity contribution in [2.45, 2.75) is 12.8 Å². The van der Waals surface area contributed by atoms with Crippen molar-refractivity contribution in [2.75, 3.05) is 20.0 Å². The average molecular weight is 371 g/mol. The van der Waals surface area contributed by atoms with E-state index in [0.29, 0.717) is 35.6 Å². The molecule has 8 nitrogen and oxygen atoms in total. The third kappa shape index (κ3) is 3.43. The third-order valence-electron chi connectivity index (χ3n) is 4.21. The minimum atomic E-state index is -0.790. The molecule has 0 spiro atoms. The van der Waals surface area contributed by atoms with E-state index < -0.39 is 11.7 Å². The number of benzene rings is 1. The van der Waals surface area contributed by atoms with Crippen molar-refractivity contribution in [3.8, 4) is 11.8 Å². The smallest absolute Gasteiger partial charge is 0.271 e. The summed E-state index contributed by atoms with van der Waals surface area (Å²) >= 11 is 0. The molecule has 0 saturated heterocycles. The number of fused-ring (bicyclic) bond motifs is 1. The van der Waals surface area contributed by atoms with E-state index in [1.165, 1.54) is 26.4 Å². The zero-order valence-electron chi connectivity index (χ0n) is 14.8. The maximum absolute atomic E-state index is 14.4. The lowest BCUT2D eigenvalue weighted by atomic mass is 10.0. The Labute approximate surface area is 154 Å². The van der Waals surface area contributed by atoms with Gasteiger partial charge in [-0.3, -0.25) is 4.79 Å². The number of hydrogen-bond acceptors (Lipinski definition) is 7. The van der Waals surface area contributed by atoms with Crippen molar-refractivity contribution in [1.82, 2.24) is 15.2 Å². The summed E-state index contributed by atoms with van der Waals surface area (Å²) < 4.78 is 24.8. The molecule has 0 fully saturated rings. The van der Waals surface area contributed by atoms with Gasteiger partial charge in [-0.2, -0.15) is 4.98 Å². The number of nitrogens with two attached hydrogens (primary N) is 2. The second kappa shape index (κ2) is 7.40. The molecule has 1 amide bonds. The molecule has 0 saturated carbocycles. The molecule has 27 heavy (non-hydrogen) atoms. The van der Waals surface area contributed by atoms with Crippen LogP contribution in [-0.4, -0.2) is 35.3 Å². The van der Waals surface area contributed by atoms with Gasteiger partial charge in [-0.1, -0.05) is 0 Å². The second-order valence-corrected chi connectivity index (χ2v) is 5.77. The number of aromatic nitrogens is 3. The Morgan fingerprint density at radius 2 is 1.89 bits per heavy atom. The lowest BCUT2D eigenvalue weighted by molar-refractivity contribution is 0.0995. The number of anilines is 1. The molecule has 4 N–H and O–H groups in total. The van der Waals surface area contributed by atoms with E-state index in [-0.39, 0.29) is 16.9 Å². The SMILES string of the molecule is COc1ccc(CCc2c(F)ccc3c(N)c(C(N)=O)nnc23)c(OC)n1. The molecular formula is C18H18FN5O3. The molecular weight excluding hydrogens is 353 g/mol. The highest BCUT2D eigenvalue weighted by molar-refractivity contribution is 6.04. The molecule has 140 valence electrons. The van der Waals surface area contributed by atoms with Gasteiger partial charge in [0.15, 0.2) is 5.69 Å². The van der Waals surface area contributed by atoms with E-state index in [9.17, 15) is 9.18 Å². The van der Waals surface area contributed by atoms with E-state index in [0.717, 1.165) is 5.56 Å². The summed E-state index contributed by atoms with van der Waals surface area (Å²) in [4.78, 5) is 15.6. The van der Waals surface area contributed by atoms with Gasteiger partial charge in [0.1, 0.15) is 11.3 Å². The first-order valence-electron chi connectivity index (χ1n) is 8.07. The Balaban J connectivity index is 1.99. The number of pyridine rings is 1. The molecule has 0 atom stereocenters. The first-order valence-corrected chi connectivity index (χ1v) is 8.07. The van der Waals surface area contributed by atoms with Crippen LogP contribution in [0.5, 0.6) is 11.8 Å². The van der Waals surface area contributed by atoms with Crippen LogP contribution in [0, 0.1) is 5.82 Å². The van der Waals surface area contributed by atoms with Crippen LogP contribution in [0.15, 0.2) is 24.3 Å². The molecule has 9 heteroatoms. The molecule has 0 aliphatic carbocycles. The van der Waals surface area contributed by atoms with E-state index in [1.807, 2.05) is 0 Å². The number of carbonyl (C=O) groups is 1. The normalized spacial score (nSPS) is 10.8. The fourth-order valence-corrected chi connectivity index (χ4v) is 2.84. The summed E-state index contributed by atoms with van der Waals surface area (Å²) in [6.07, 6.45) is 0.743. The largest absolute Gasteiger partial charge is 0.481 e. The summed E-state index contributed by atoms with van der Waals surface area (Å²) in [5.41, 5.74) is 12.5. The van der Waals surface area contributed by atoms with Gasteiger partial charge in [-0.15, -0.1) is 10.2 Å². The molecule has 0 aliphatic rings. The lowest BCUT2D eigenvalue weighted by Gasteiger charge is -2.12. The van der Waals surface area contributed by atoms with Gasteiger partial charge >= 0.3 is 0 Å². The predicted molar refractivity (Wildman–Crippen MR) is 97.2 cm³/mol. The first kappa shape index (κ1) is 18.3. The summed E-state index contributed by atoms with van der Waals surface area (Å²) in [6, 6.07) is 6.25. The molecule has 3 aromatic rings. The highest BCUT2D eigenvalue weighted by atomic mass is 19.1. The van der Waals surface area contributed by atoms with Crippen LogP contribution in [0.2, 0.25) is 0 Å². The van der Waals surface area contributed by atoms with Gasteiger partial charge in [0.05, 0.1) is 19.9 Å². The Bertz CT molecular complexity index is 1030. The van der Waals surface area contributed by atoms with Crippen molar-refractivity contribution in [3.63, 3.8) is 0 Å². The van der Waals surface area contributed by atoms with Crippen molar-refractivity contribution in [1.29, 1.82) is 0 Å². The monoisotopic (exact) mass is 371 g/mol. The van der Waals surface area contributed by atoms with Gasteiger partial charge in [0.25, 0.3) is 5.91 Å². The van der Waals surface area contributed by atoms with Crippen LogP contribution in [0.4, 0.5) is 10.1 Å². The van der Waals surface area contributed by atoms with Crippen molar-refractivity contribution in [3.05, 3.63) is 46.9 Å². The lowest BCUT2D eigenvalue weighted by Crippen LogP contribution is -2.17. The van der Waals surface area contributed by atoms with E-state index in [1.54, 1.807) is 12.1 Å². The Hall–Kier alpha value is -3.49. The standard InChI is InChI=1S/C18H18FN5O3/c1-26-13-8-4-9(18(22-13)27-2)3-5-10-12(19)7-6-11-14(20)16(17(21)25)24-23-15(10)11/h4,6-8H,3,5H2,1-2H3,(H2,20,23)(H2,21,25). The fourth-order valence-electron chi connectivity index (χ4n) is 2.84. The van der Waals surface area contributed by atoms with Gasteiger partial charge in [-0.05, 0) is 31.0 Å². The number of ether oxygens (including phenoxy) is 2. The van der Waals surface area contributed by atoms with Crippen LogP contribution < -0.4 is 20.9 Å². The fraction of sp³-hybridized carbons (Fsp3) is 0.222. The highest BCUT2D eigenvalue weighted by Crippen LogP contribution is 2.28. The molecule has 2 aromatic heterocycles. The third-order valence-corrected chi connectivity index (χ3v) is 4.21. The highest BCUT2D eigenvalue weighted by Gasteiger charge is 2.17. The number of primary amides is 1. The first-order chi connectivity index (χ1) is 13.0. The molecule has 2 heterocycles. The molecule has 3 rings (SSSR count). The van der Waals surface area contributed by atoms with Crippen LogP contribution >= 0.6 is 0 Å². The Morgan fingerprint density at radius 1 is 1.11 bits per heavy atom. The number of methoxy groups -OCH3 is 2. The number of amides is 1. The minimum Gasteiger partial charge on any atom is -0.481 e. The van der Waals surface area contributed by atoms with E-state index >= 15 is 0 Å². The van der Waals surface area contributed by atoms with Crippen molar-refractivity contribution < 1.29 is 18.7 Å². The molecule has 0 aliphatic heterocycles. The Kier molecular flexibility index (Phi) is 5.02.